The van der Waals surface area contributed by atoms with Gasteiger partial charge in [0.05, 0.1) is 11.4 Å². The number of nitrogens with zero attached hydrogens (tertiary/aromatic N) is 1. The van der Waals surface area contributed by atoms with Gasteiger partial charge in [0.1, 0.15) is 0 Å². The Bertz CT molecular complexity index is 544. The van der Waals surface area contributed by atoms with E-state index in [2.05, 4.69) is 5.32 Å². The van der Waals surface area contributed by atoms with E-state index in [1.54, 1.807) is 11.9 Å². The topological polar surface area (TPSA) is 66.5 Å². The van der Waals surface area contributed by atoms with Crippen LogP contribution in [0.3, 0.4) is 0 Å². The van der Waals surface area contributed by atoms with E-state index in [-0.39, 0.29) is 12.5 Å². The number of anilines is 1. The fraction of sp³-hybridized carbons (Fsp3) is 0.364. The molecule has 0 aliphatic heterocycles. The smallest absolute Gasteiger partial charge is 0.341 e. The molecule has 0 saturated heterocycles. The number of halogens is 2. The van der Waals surface area contributed by atoms with Crippen LogP contribution in [0.2, 0.25) is 0 Å². The van der Waals surface area contributed by atoms with Gasteiger partial charge < -0.3 is 10.2 Å². The molecule has 0 spiro atoms. The lowest BCUT2D eigenvalue weighted by Crippen LogP contribution is -2.32. The summed E-state index contributed by atoms with van der Waals surface area (Å²) < 4.78 is 47.1. The van der Waals surface area contributed by atoms with Crippen LogP contribution in [0.1, 0.15) is 0 Å². The highest BCUT2D eigenvalue weighted by molar-refractivity contribution is 7.91. The lowest BCUT2D eigenvalue weighted by Gasteiger charge is -2.18. The maximum absolute atomic E-state index is 12.3. The molecule has 0 unspecified atom stereocenters. The third-order valence-electron chi connectivity index (χ3n) is 2.50. The van der Waals surface area contributed by atoms with E-state index in [1.807, 2.05) is 0 Å². The summed E-state index contributed by atoms with van der Waals surface area (Å²) >= 11 is 0. The van der Waals surface area contributed by atoms with Crippen molar-refractivity contribution in [2.24, 2.45) is 0 Å². The molecular formula is C11H14F2N2O3S. The van der Waals surface area contributed by atoms with Crippen molar-refractivity contribution in [1.82, 2.24) is 5.32 Å². The number of rotatable bonds is 5. The van der Waals surface area contributed by atoms with Crippen molar-refractivity contribution in [3.8, 4) is 0 Å². The quantitative estimate of drug-likeness (QED) is 0.874. The number of likely N-dealkylation sites (N-methyl/N-ethyl adjacent to an activating group) is 2. The van der Waals surface area contributed by atoms with Gasteiger partial charge >= 0.3 is 5.76 Å². The zero-order valence-corrected chi connectivity index (χ0v) is 11.2. The highest BCUT2D eigenvalue weighted by Crippen LogP contribution is 2.21. The first-order valence-electron chi connectivity index (χ1n) is 5.33. The molecule has 0 radical (unpaired) electrons. The first-order chi connectivity index (χ1) is 8.78. The third kappa shape index (κ3) is 3.63. The molecule has 19 heavy (non-hydrogen) atoms. The highest BCUT2D eigenvalue weighted by Gasteiger charge is 2.26. The number of amides is 1. The molecule has 0 fully saturated rings. The Hall–Kier alpha value is -1.70. The van der Waals surface area contributed by atoms with Gasteiger partial charge in [-0.25, -0.2) is 8.42 Å². The van der Waals surface area contributed by atoms with Crippen molar-refractivity contribution in [3.63, 3.8) is 0 Å². The fourth-order valence-corrected chi connectivity index (χ4v) is 2.10. The second kappa shape index (κ2) is 5.96. The van der Waals surface area contributed by atoms with Crippen molar-refractivity contribution < 1.29 is 22.0 Å². The summed E-state index contributed by atoms with van der Waals surface area (Å²) in [5.41, 5.74) is 0.553. The molecule has 106 valence electrons. The van der Waals surface area contributed by atoms with Crippen molar-refractivity contribution in [2.75, 3.05) is 25.5 Å². The molecule has 0 aliphatic carbocycles. The Labute approximate surface area is 110 Å². The average Bonchev–Trinajstić information content (AvgIpc) is 2.38. The maximum atomic E-state index is 12.3. The number of benzene rings is 1. The monoisotopic (exact) mass is 292 g/mol. The lowest BCUT2D eigenvalue weighted by molar-refractivity contribution is -0.119. The summed E-state index contributed by atoms with van der Waals surface area (Å²) in [4.78, 5) is 12.3. The molecule has 0 bridgehead atoms. The van der Waals surface area contributed by atoms with E-state index in [0.29, 0.717) is 5.69 Å². The minimum atomic E-state index is -4.58. The van der Waals surface area contributed by atoms with Crippen molar-refractivity contribution in [1.29, 1.82) is 0 Å². The summed E-state index contributed by atoms with van der Waals surface area (Å²) in [6.07, 6.45) is 0. The van der Waals surface area contributed by atoms with Crippen molar-refractivity contribution in [3.05, 3.63) is 24.3 Å². The molecule has 1 aromatic carbocycles. The predicted octanol–water partition coefficient (Wildman–Crippen LogP) is 0.865. The molecule has 1 amide bonds. The summed E-state index contributed by atoms with van der Waals surface area (Å²) in [5, 5.41) is 2.44. The minimum absolute atomic E-state index is 0.0808. The SMILES string of the molecule is CNC(=O)CN(C)c1ccc(S(=O)(=O)C(F)F)cc1. The van der Waals surface area contributed by atoms with E-state index in [9.17, 15) is 22.0 Å². The molecule has 0 heterocycles. The standard InChI is InChI=1S/C11H14F2N2O3S/c1-14-10(16)7-15(2)8-3-5-9(6-4-8)19(17,18)11(12)13/h3-6,11H,7H2,1-2H3,(H,14,16). The van der Waals surface area contributed by atoms with Crippen LogP contribution < -0.4 is 10.2 Å². The average molecular weight is 292 g/mol. The number of carbonyl (C=O) groups is 1. The van der Waals surface area contributed by atoms with E-state index in [0.717, 1.165) is 12.1 Å². The van der Waals surface area contributed by atoms with Gasteiger partial charge in [0.2, 0.25) is 15.7 Å². The normalized spacial score (nSPS) is 11.4. The van der Waals surface area contributed by atoms with Gasteiger partial charge in [-0.1, -0.05) is 0 Å². The molecule has 0 atom stereocenters. The van der Waals surface area contributed by atoms with E-state index < -0.39 is 20.5 Å². The first kappa shape index (κ1) is 15.4. The second-order valence-electron chi connectivity index (χ2n) is 3.83. The van der Waals surface area contributed by atoms with Gasteiger partial charge in [-0.15, -0.1) is 0 Å². The Morgan fingerprint density at radius 1 is 1.32 bits per heavy atom. The largest absolute Gasteiger partial charge is 0.365 e. The fourth-order valence-electron chi connectivity index (χ4n) is 1.38. The number of hydrogen-bond donors (Lipinski definition) is 1. The zero-order valence-electron chi connectivity index (χ0n) is 10.4. The molecule has 5 nitrogen and oxygen atoms in total. The van der Waals surface area contributed by atoms with Gasteiger partial charge in [-0.05, 0) is 24.3 Å². The Kier molecular flexibility index (Phi) is 4.82. The van der Waals surface area contributed by atoms with Gasteiger partial charge in [-0.3, -0.25) is 4.79 Å². The number of hydrogen-bond acceptors (Lipinski definition) is 4. The minimum Gasteiger partial charge on any atom is -0.365 e. The van der Waals surface area contributed by atoms with Crippen LogP contribution >= 0.6 is 0 Å². The van der Waals surface area contributed by atoms with Crippen LogP contribution in [0.15, 0.2) is 29.2 Å². The summed E-state index contributed by atoms with van der Waals surface area (Å²) in [5.74, 6) is -3.66. The van der Waals surface area contributed by atoms with Crippen LogP contribution in [0.4, 0.5) is 14.5 Å². The molecule has 1 rings (SSSR count). The number of alkyl halides is 2. The van der Waals surface area contributed by atoms with Gasteiger partial charge in [-0.2, -0.15) is 8.78 Å². The van der Waals surface area contributed by atoms with E-state index in [1.165, 1.54) is 19.2 Å². The molecule has 8 heteroatoms. The van der Waals surface area contributed by atoms with E-state index >= 15 is 0 Å². The number of sulfone groups is 1. The molecular weight excluding hydrogens is 278 g/mol. The van der Waals surface area contributed by atoms with Crippen LogP contribution in [0.25, 0.3) is 0 Å². The van der Waals surface area contributed by atoms with Gasteiger partial charge in [0.15, 0.2) is 0 Å². The lowest BCUT2D eigenvalue weighted by atomic mass is 10.3. The molecule has 0 aliphatic rings. The Morgan fingerprint density at radius 2 is 1.84 bits per heavy atom. The summed E-state index contributed by atoms with van der Waals surface area (Å²) in [6.45, 7) is 0.0808. The molecule has 0 aromatic heterocycles. The van der Waals surface area contributed by atoms with Gasteiger partial charge in [0.25, 0.3) is 0 Å². The highest BCUT2D eigenvalue weighted by atomic mass is 32.2. The van der Waals surface area contributed by atoms with Gasteiger partial charge in [0, 0.05) is 19.8 Å². The van der Waals surface area contributed by atoms with E-state index in [4.69, 9.17) is 0 Å². The molecule has 1 N–H and O–H groups in total. The van der Waals surface area contributed by atoms with Crippen LogP contribution in [-0.4, -0.2) is 40.7 Å². The Morgan fingerprint density at radius 3 is 2.26 bits per heavy atom. The predicted molar refractivity (Wildman–Crippen MR) is 67.0 cm³/mol. The summed E-state index contributed by atoms with van der Waals surface area (Å²) in [6, 6.07) is 4.94. The van der Waals surface area contributed by atoms with Crippen molar-refractivity contribution >= 4 is 21.4 Å². The van der Waals surface area contributed by atoms with Crippen molar-refractivity contribution in [2.45, 2.75) is 10.7 Å². The molecule has 0 saturated carbocycles. The zero-order chi connectivity index (χ0) is 14.6. The Balaban J connectivity index is 2.91. The van der Waals surface area contributed by atoms with Crippen LogP contribution in [0.5, 0.6) is 0 Å². The van der Waals surface area contributed by atoms with Crippen LogP contribution in [-0.2, 0) is 14.6 Å². The third-order valence-corrected chi connectivity index (χ3v) is 3.90. The number of carbonyl (C=O) groups excluding carboxylic acids is 1. The summed E-state index contributed by atoms with van der Waals surface area (Å²) in [7, 11) is -1.45. The first-order valence-corrected chi connectivity index (χ1v) is 6.87. The maximum Gasteiger partial charge on any atom is 0.341 e. The second-order valence-corrected chi connectivity index (χ2v) is 5.75. The number of nitrogens with one attached hydrogen (secondary N) is 1. The van der Waals surface area contributed by atoms with Crippen LogP contribution in [0, 0.1) is 0 Å². The molecule has 1 aromatic rings.